The van der Waals surface area contributed by atoms with E-state index in [1.54, 1.807) is 19.1 Å². The molecule has 1 fully saturated rings. The Hall–Kier alpha value is -1.78. The largest absolute Gasteiger partial charge is 0.437 e. The standard InChI is InChI=1S/C12H16N2O3/c1-9(15)11-3-4-12(17-11)14-7-5-13(6-8-14)10(2)16/h3-4H,5-8H2,1-2H3. The fraction of sp³-hybridized carbons (Fsp3) is 0.500. The molecule has 0 saturated carbocycles. The van der Waals surface area contributed by atoms with E-state index in [4.69, 9.17) is 4.42 Å². The number of hydrogen-bond donors (Lipinski definition) is 0. The second-order valence-electron chi connectivity index (χ2n) is 4.19. The lowest BCUT2D eigenvalue weighted by atomic mass is 10.3. The highest BCUT2D eigenvalue weighted by Crippen LogP contribution is 2.20. The molecule has 1 saturated heterocycles. The van der Waals surface area contributed by atoms with Crippen LogP contribution in [0.3, 0.4) is 0 Å². The minimum atomic E-state index is -0.0707. The van der Waals surface area contributed by atoms with Gasteiger partial charge in [-0.15, -0.1) is 0 Å². The number of ketones is 1. The summed E-state index contributed by atoms with van der Waals surface area (Å²) in [4.78, 5) is 26.2. The normalized spacial score (nSPS) is 16.1. The zero-order valence-corrected chi connectivity index (χ0v) is 10.1. The Morgan fingerprint density at radius 2 is 1.76 bits per heavy atom. The Bertz CT molecular complexity index is 431. The highest BCUT2D eigenvalue weighted by molar-refractivity contribution is 5.91. The maximum atomic E-state index is 11.2. The van der Waals surface area contributed by atoms with Crippen LogP contribution < -0.4 is 4.90 Å². The van der Waals surface area contributed by atoms with E-state index in [0.29, 0.717) is 24.7 Å². The number of furan rings is 1. The fourth-order valence-corrected chi connectivity index (χ4v) is 1.93. The molecule has 2 rings (SSSR count). The number of piperazine rings is 1. The lowest BCUT2D eigenvalue weighted by Crippen LogP contribution is -2.48. The van der Waals surface area contributed by atoms with E-state index in [1.165, 1.54) is 6.92 Å². The monoisotopic (exact) mass is 236 g/mol. The van der Waals surface area contributed by atoms with Crippen molar-refractivity contribution in [3.8, 4) is 0 Å². The van der Waals surface area contributed by atoms with Gasteiger partial charge in [0, 0.05) is 46.1 Å². The molecule has 1 amide bonds. The van der Waals surface area contributed by atoms with Crippen molar-refractivity contribution in [2.75, 3.05) is 31.1 Å². The summed E-state index contributed by atoms with van der Waals surface area (Å²) in [6.07, 6.45) is 0. The Morgan fingerprint density at radius 1 is 1.12 bits per heavy atom. The topological polar surface area (TPSA) is 53.8 Å². The van der Waals surface area contributed by atoms with Gasteiger partial charge in [0.05, 0.1) is 0 Å². The number of carbonyl (C=O) groups excluding carboxylic acids is 2. The number of anilines is 1. The lowest BCUT2D eigenvalue weighted by molar-refractivity contribution is -0.129. The Kier molecular flexibility index (Phi) is 3.17. The average molecular weight is 236 g/mol. The second-order valence-corrected chi connectivity index (χ2v) is 4.19. The molecule has 5 nitrogen and oxygen atoms in total. The summed E-state index contributed by atoms with van der Waals surface area (Å²) in [6, 6.07) is 3.50. The van der Waals surface area contributed by atoms with Crippen LogP contribution in [0.25, 0.3) is 0 Å². The number of carbonyl (C=O) groups is 2. The number of hydrogen-bond acceptors (Lipinski definition) is 4. The van der Waals surface area contributed by atoms with Crippen molar-refractivity contribution in [2.24, 2.45) is 0 Å². The van der Waals surface area contributed by atoms with Gasteiger partial charge in [-0.1, -0.05) is 0 Å². The SMILES string of the molecule is CC(=O)c1ccc(N2CCN(C(C)=O)CC2)o1. The van der Waals surface area contributed by atoms with Crippen LogP contribution >= 0.6 is 0 Å². The van der Waals surface area contributed by atoms with Gasteiger partial charge >= 0.3 is 0 Å². The van der Waals surface area contributed by atoms with Crippen molar-refractivity contribution < 1.29 is 14.0 Å². The predicted octanol–water partition coefficient (Wildman–Crippen LogP) is 1.15. The van der Waals surface area contributed by atoms with Gasteiger partial charge < -0.3 is 14.2 Å². The van der Waals surface area contributed by atoms with E-state index in [2.05, 4.69) is 0 Å². The summed E-state index contributed by atoms with van der Waals surface area (Å²) in [7, 11) is 0. The average Bonchev–Trinajstić information content (AvgIpc) is 2.78. The third-order valence-corrected chi connectivity index (χ3v) is 2.98. The summed E-state index contributed by atoms with van der Waals surface area (Å²) in [6.45, 7) is 5.94. The van der Waals surface area contributed by atoms with E-state index >= 15 is 0 Å². The van der Waals surface area contributed by atoms with Gasteiger partial charge in [0.1, 0.15) is 0 Å². The van der Waals surface area contributed by atoms with Crippen LogP contribution in [-0.2, 0) is 4.79 Å². The predicted molar refractivity (Wildman–Crippen MR) is 63.2 cm³/mol. The molecular weight excluding hydrogens is 220 g/mol. The molecule has 1 aromatic rings. The quantitative estimate of drug-likeness (QED) is 0.723. The molecule has 2 heterocycles. The second kappa shape index (κ2) is 4.61. The van der Waals surface area contributed by atoms with Gasteiger partial charge in [-0.2, -0.15) is 0 Å². The first kappa shape index (κ1) is 11.7. The van der Waals surface area contributed by atoms with Crippen LogP contribution in [0.2, 0.25) is 0 Å². The zero-order valence-electron chi connectivity index (χ0n) is 10.1. The van der Waals surface area contributed by atoms with E-state index < -0.39 is 0 Å². The van der Waals surface area contributed by atoms with Crippen LogP contribution in [0.15, 0.2) is 16.5 Å². The Morgan fingerprint density at radius 3 is 2.24 bits per heavy atom. The van der Waals surface area contributed by atoms with Gasteiger partial charge in [-0.05, 0) is 6.07 Å². The number of nitrogens with zero attached hydrogens (tertiary/aromatic N) is 2. The van der Waals surface area contributed by atoms with Gasteiger partial charge in [0.15, 0.2) is 17.4 Å². The molecule has 0 aromatic carbocycles. The third kappa shape index (κ3) is 2.49. The van der Waals surface area contributed by atoms with Crippen molar-refractivity contribution in [1.29, 1.82) is 0 Å². The molecule has 0 spiro atoms. The van der Waals surface area contributed by atoms with Crippen LogP contribution in [0.1, 0.15) is 24.4 Å². The molecule has 0 unspecified atom stereocenters. The molecule has 1 aliphatic heterocycles. The molecule has 92 valence electrons. The minimum absolute atomic E-state index is 0.0707. The van der Waals surface area contributed by atoms with Crippen molar-refractivity contribution in [3.05, 3.63) is 17.9 Å². The van der Waals surface area contributed by atoms with Crippen LogP contribution in [0, 0.1) is 0 Å². The summed E-state index contributed by atoms with van der Waals surface area (Å²) < 4.78 is 5.45. The third-order valence-electron chi connectivity index (χ3n) is 2.98. The van der Waals surface area contributed by atoms with Crippen molar-refractivity contribution in [3.63, 3.8) is 0 Å². The zero-order chi connectivity index (χ0) is 12.4. The molecule has 17 heavy (non-hydrogen) atoms. The highest BCUT2D eigenvalue weighted by atomic mass is 16.4. The molecule has 5 heteroatoms. The highest BCUT2D eigenvalue weighted by Gasteiger charge is 2.21. The van der Waals surface area contributed by atoms with E-state index in [1.807, 2.05) is 9.80 Å². The summed E-state index contributed by atoms with van der Waals surface area (Å²) >= 11 is 0. The van der Waals surface area contributed by atoms with Gasteiger partial charge in [-0.25, -0.2) is 0 Å². The Balaban J connectivity index is 2.00. The van der Waals surface area contributed by atoms with Crippen LogP contribution in [0.4, 0.5) is 5.88 Å². The smallest absolute Gasteiger partial charge is 0.219 e. The molecule has 0 bridgehead atoms. The first-order chi connectivity index (χ1) is 8.08. The molecule has 0 atom stereocenters. The summed E-state index contributed by atoms with van der Waals surface area (Å²) in [5.74, 6) is 1.12. The maximum Gasteiger partial charge on any atom is 0.219 e. The lowest BCUT2D eigenvalue weighted by Gasteiger charge is -2.33. The van der Waals surface area contributed by atoms with Crippen molar-refractivity contribution >= 4 is 17.6 Å². The minimum Gasteiger partial charge on any atom is -0.437 e. The first-order valence-corrected chi connectivity index (χ1v) is 5.69. The summed E-state index contributed by atoms with van der Waals surface area (Å²) in [5.41, 5.74) is 0. The molecule has 0 radical (unpaired) electrons. The molecule has 1 aromatic heterocycles. The number of rotatable bonds is 2. The number of Topliss-reactive ketones (excluding diaryl/α,β-unsaturated/α-hetero) is 1. The molecule has 0 N–H and O–H groups in total. The van der Waals surface area contributed by atoms with E-state index in [-0.39, 0.29) is 11.7 Å². The fourth-order valence-electron chi connectivity index (χ4n) is 1.93. The van der Waals surface area contributed by atoms with Crippen LogP contribution in [0.5, 0.6) is 0 Å². The first-order valence-electron chi connectivity index (χ1n) is 5.69. The van der Waals surface area contributed by atoms with Gasteiger partial charge in [-0.3, -0.25) is 9.59 Å². The van der Waals surface area contributed by atoms with Crippen molar-refractivity contribution in [2.45, 2.75) is 13.8 Å². The maximum absolute atomic E-state index is 11.2. The van der Waals surface area contributed by atoms with Crippen LogP contribution in [-0.4, -0.2) is 42.8 Å². The van der Waals surface area contributed by atoms with Crippen molar-refractivity contribution in [1.82, 2.24) is 4.90 Å². The number of amides is 1. The van der Waals surface area contributed by atoms with E-state index in [0.717, 1.165) is 13.1 Å². The molecule has 1 aliphatic rings. The molecular formula is C12H16N2O3. The van der Waals surface area contributed by atoms with Gasteiger partial charge in [0.25, 0.3) is 0 Å². The van der Waals surface area contributed by atoms with Gasteiger partial charge in [0.2, 0.25) is 5.91 Å². The summed E-state index contributed by atoms with van der Waals surface area (Å²) in [5, 5.41) is 0. The Labute approximate surface area is 100.0 Å². The molecule has 0 aliphatic carbocycles. The van der Waals surface area contributed by atoms with E-state index in [9.17, 15) is 9.59 Å².